The van der Waals surface area contributed by atoms with E-state index in [1.807, 2.05) is 38.1 Å². The van der Waals surface area contributed by atoms with Crippen molar-refractivity contribution in [2.75, 3.05) is 7.11 Å². The fraction of sp³-hybridized carbons (Fsp3) is 0.462. The van der Waals surface area contributed by atoms with E-state index in [2.05, 4.69) is 0 Å². The van der Waals surface area contributed by atoms with Gasteiger partial charge in [-0.05, 0) is 31.5 Å². The topological polar surface area (TPSA) is 35.5 Å². The van der Waals surface area contributed by atoms with Crippen molar-refractivity contribution in [1.29, 1.82) is 0 Å². The Balaban J connectivity index is 2.17. The molecule has 0 saturated carbocycles. The lowest BCUT2D eigenvalue weighted by molar-refractivity contribution is -0.129. The number of hydrogen-bond acceptors (Lipinski definition) is 3. The van der Waals surface area contributed by atoms with E-state index >= 15 is 0 Å². The SMILES string of the molecule is COc1ccc(C2CC(=O)C(C)(C)O2)cc1. The summed E-state index contributed by atoms with van der Waals surface area (Å²) in [5, 5.41) is 0. The first-order chi connectivity index (χ1) is 7.53. The highest BCUT2D eigenvalue weighted by Crippen LogP contribution is 2.36. The van der Waals surface area contributed by atoms with Gasteiger partial charge in [0, 0.05) is 6.42 Å². The Hall–Kier alpha value is -1.35. The van der Waals surface area contributed by atoms with E-state index < -0.39 is 5.60 Å². The van der Waals surface area contributed by atoms with E-state index in [-0.39, 0.29) is 11.9 Å². The summed E-state index contributed by atoms with van der Waals surface area (Å²) in [5.74, 6) is 0.973. The van der Waals surface area contributed by atoms with E-state index in [1.54, 1.807) is 7.11 Å². The second kappa shape index (κ2) is 3.91. The molecule has 0 aliphatic carbocycles. The lowest BCUT2D eigenvalue weighted by Gasteiger charge is -2.17. The van der Waals surface area contributed by atoms with Crippen LogP contribution in [0.1, 0.15) is 31.9 Å². The number of ether oxygens (including phenoxy) is 2. The highest BCUT2D eigenvalue weighted by Gasteiger charge is 2.40. The van der Waals surface area contributed by atoms with Crippen molar-refractivity contribution in [3.63, 3.8) is 0 Å². The van der Waals surface area contributed by atoms with Crippen molar-refractivity contribution in [3.8, 4) is 5.75 Å². The largest absolute Gasteiger partial charge is 0.497 e. The monoisotopic (exact) mass is 220 g/mol. The molecular weight excluding hydrogens is 204 g/mol. The van der Waals surface area contributed by atoms with Gasteiger partial charge in [-0.3, -0.25) is 4.79 Å². The highest BCUT2D eigenvalue weighted by molar-refractivity contribution is 5.88. The first kappa shape index (κ1) is 11.1. The molecule has 1 atom stereocenters. The Morgan fingerprint density at radius 1 is 1.31 bits per heavy atom. The van der Waals surface area contributed by atoms with Crippen LogP contribution >= 0.6 is 0 Å². The van der Waals surface area contributed by atoms with Crippen LogP contribution in [0.3, 0.4) is 0 Å². The lowest BCUT2D eigenvalue weighted by atomic mass is 10.0. The van der Waals surface area contributed by atoms with Gasteiger partial charge in [0.25, 0.3) is 0 Å². The summed E-state index contributed by atoms with van der Waals surface area (Å²) in [6.07, 6.45) is 0.340. The van der Waals surface area contributed by atoms with Crippen molar-refractivity contribution < 1.29 is 14.3 Å². The molecule has 1 fully saturated rings. The number of Topliss-reactive ketones (excluding diaryl/α,β-unsaturated/α-hetero) is 1. The Kier molecular flexibility index (Phi) is 2.72. The summed E-state index contributed by atoms with van der Waals surface area (Å²) in [7, 11) is 1.63. The highest BCUT2D eigenvalue weighted by atomic mass is 16.5. The van der Waals surface area contributed by atoms with Gasteiger partial charge in [-0.15, -0.1) is 0 Å². The molecular formula is C13H16O3. The number of methoxy groups -OCH3 is 1. The third-order valence-electron chi connectivity index (χ3n) is 2.97. The molecule has 1 aromatic carbocycles. The van der Waals surface area contributed by atoms with Crippen LogP contribution in [0.2, 0.25) is 0 Å². The molecule has 0 aromatic heterocycles. The standard InChI is InChI=1S/C13H16O3/c1-13(2)12(14)8-11(16-13)9-4-6-10(15-3)7-5-9/h4-7,11H,8H2,1-3H3. The average molecular weight is 220 g/mol. The molecule has 1 unspecified atom stereocenters. The van der Waals surface area contributed by atoms with Gasteiger partial charge >= 0.3 is 0 Å². The first-order valence-electron chi connectivity index (χ1n) is 5.38. The van der Waals surface area contributed by atoms with Crippen LogP contribution in [0.15, 0.2) is 24.3 Å². The zero-order valence-corrected chi connectivity index (χ0v) is 9.82. The van der Waals surface area contributed by atoms with Crippen LogP contribution in [0.4, 0.5) is 0 Å². The molecule has 1 aliphatic rings. The van der Waals surface area contributed by atoms with Crippen LogP contribution in [0, 0.1) is 0 Å². The number of benzene rings is 1. The minimum Gasteiger partial charge on any atom is -0.497 e. The van der Waals surface area contributed by atoms with Crippen molar-refractivity contribution in [3.05, 3.63) is 29.8 Å². The average Bonchev–Trinajstić information content (AvgIpc) is 2.54. The molecule has 0 spiro atoms. The van der Waals surface area contributed by atoms with Crippen LogP contribution < -0.4 is 4.74 Å². The number of carbonyl (C=O) groups is 1. The summed E-state index contributed by atoms with van der Waals surface area (Å²) in [5.41, 5.74) is 0.379. The lowest BCUT2D eigenvalue weighted by Crippen LogP contribution is -2.26. The zero-order valence-electron chi connectivity index (χ0n) is 9.82. The maximum absolute atomic E-state index is 11.7. The first-order valence-corrected chi connectivity index (χ1v) is 5.38. The maximum Gasteiger partial charge on any atom is 0.167 e. The second-order valence-corrected chi connectivity index (χ2v) is 4.52. The van der Waals surface area contributed by atoms with Crippen molar-refractivity contribution in [2.24, 2.45) is 0 Å². The van der Waals surface area contributed by atoms with Crippen LogP contribution in [-0.2, 0) is 9.53 Å². The Labute approximate surface area is 95.4 Å². The molecule has 86 valence electrons. The van der Waals surface area contributed by atoms with E-state index in [0.717, 1.165) is 11.3 Å². The Bertz CT molecular complexity index is 392. The summed E-state index contributed by atoms with van der Waals surface area (Å²) in [4.78, 5) is 11.7. The normalized spacial score (nSPS) is 23.4. The summed E-state index contributed by atoms with van der Waals surface area (Å²) < 4.78 is 10.8. The number of ketones is 1. The predicted molar refractivity (Wildman–Crippen MR) is 60.5 cm³/mol. The minimum absolute atomic E-state index is 0.117. The van der Waals surface area contributed by atoms with Gasteiger partial charge in [-0.1, -0.05) is 12.1 Å². The molecule has 1 saturated heterocycles. The molecule has 0 radical (unpaired) electrons. The molecule has 0 N–H and O–H groups in total. The van der Waals surface area contributed by atoms with Crippen molar-refractivity contribution >= 4 is 5.78 Å². The predicted octanol–water partition coefficient (Wildman–Crippen LogP) is 2.50. The molecule has 16 heavy (non-hydrogen) atoms. The molecule has 3 nitrogen and oxygen atoms in total. The molecule has 2 rings (SSSR count). The third kappa shape index (κ3) is 1.95. The Morgan fingerprint density at radius 3 is 2.38 bits per heavy atom. The van der Waals surface area contributed by atoms with Gasteiger partial charge in [-0.2, -0.15) is 0 Å². The summed E-state index contributed by atoms with van der Waals surface area (Å²) >= 11 is 0. The summed E-state index contributed by atoms with van der Waals surface area (Å²) in [6.45, 7) is 3.64. The smallest absolute Gasteiger partial charge is 0.167 e. The van der Waals surface area contributed by atoms with E-state index in [4.69, 9.17) is 9.47 Å². The number of rotatable bonds is 2. The molecule has 3 heteroatoms. The van der Waals surface area contributed by atoms with Crippen molar-refractivity contribution in [2.45, 2.75) is 32.0 Å². The van der Waals surface area contributed by atoms with Crippen LogP contribution in [0.5, 0.6) is 5.75 Å². The van der Waals surface area contributed by atoms with E-state index in [9.17, 15) is 4.79 Å². The second-order valence-electron chi connectivity index (χ2n) is 4.52. The molecule has 1 aromatic rings. The van der Waals surface area contributed by atoms with E-state index in [1.165, 1.54) is 0 Å². The Morgan fingerprint density at radius 2 is 1.94 bits per heavy atom. The zero-order chi connectivity index (χ0) is 11.8. The van der Waals surface area contributed by atoms with Gasteiger partial charge in [-0.25, -0.2) is 0 Å². The molecule has 1 heterocycles. The molecule has 0 bridgehead atoms. The van der Waals surface area contributed by atoms with Crippen LogP contribution in [0.25, 0.3) is 0 Å². The fourth-order valence-electron chi connectivity index (χ4n) is 1.88. The van der Waals surface area contributed by atoms with Gasteiger partial charge in [0.15, 0.2) is 5.78 Å². The van der Waals surface area contributed by atoms with Gasteiger partial charge < -0.3 is 9.47 Å². The third-order valence-corrected chi connectivity index (χ3v) is 2.97. The number of carbonyl (C=O) groups excluding carboxylic acids is 1. The van der Waals surface area contributed by atoms with Crippen LogP contribution in [-0.4, -0.2) is 18.5 Å². The molecule has 0 amide bonds. The summed E-state index contributed by atoms with van der Waals surface area (Å²) in [6, 6.07) is 7.65. The van der Waals surface area contributed by atoms with Gasteiger partial charge in [0.2, 0.25) is 0 Å². The quantitative estimate of drug-likeness (QED) is 0.768. The van der Waals surface area contributed by atoms with Gasteiger partial charge in [0.1, 0.15) is 11.4 Å². The fourth-order valence-corrected chi connectivity index (χ4v) is 1.88. The minimum atomic E-state index is -0.648. The van der Waals surface area contributed by atoms with E-state index in [0.29, 0.717) is 6.42 Å². The van der Waals surface area contributed by atoms with Gasteiger partial charge in [0.05, 0.1) is 13.2 Å². The van der Waals surface area contributed by atoms with Crippen molar-refractivity contribution in [1.82, 2.24) is 0 Å². The molecule has 1 aliphatic heterocycles. The number of hydrogen-bond donors (Lipinski definition) is 0. The maximum atomic E-state index is 11.7.